The predicted molar refractivity (Wildman–Crippen MR) is 146 cm³/mol. The molecular weight excluding hydrogens is 678 g/mol. The Morgan fingerprint density at radius 3 is 2.07 bits per heavy atom. The van der Waals surface area contributed by atoms with Gasteiger partial charge in [-0.05, 0) is 47.5 Å². The highest BCUT2D eigenvalue weighted by atomic mass is 35.5. The molecule has 0 heterocycles. The van der Waals surface area contributed by atoms with Gasteiger partial charge in [-0.15, -0.1) is 23.2 Å². The summed E-state index contributed by atoms with van der Waals surface area (Å²) in [7, 11) is 0. The molecule has 222 valence electrons. The quantitative estimate of drug-likeness (QED) is 0.146. The fourth-order valence-corrected chi connectivity index (χ4v) is 5.97. The minimum absolute atomic E-state index is 0.265. The maximum absolute atomic E-state index is 14.9. The zero-order chi connectivity index (χ0) is 31.3. The zero-order valence-electron chi connectivity index (χ0n) is 20.5. The van der Waals surface area contributed by atoms with Crippen molar-refractivity contribution in [3.63, 3.8) is 0 Å². The van der Waals surface area contributed by atoms with Gasteiger partial charge in [-0.3, -0.25) is 14.4 Å². The first kappa shape index (κ1) is 32.4. The van der Waals surface area contributed by atoms with Gasteiger partial charge >= 0.3 is 6.18 Å². The van der Waals surface area contributed by atoms with Crippen LogP contribution in [0.3, 0.4) is 0 Å². The van der Waals surface area contributed by atoms with Gasteiger partial charge in [0.05, 0.1) is 10.9 Å². The van der Waals surface area contributed by atoms with Crippen LogP contribution in [0.25, 0.3) is 0 Å². The van der Waals surface area contributed by atoms with E-state index in [0.717, 1.165) is 12.1 Å². The topological polar surface area (TPSA) is 63.2 Å². The van der Waals surface area contributed by atoms with E-state index in [9.17, 15) is 40.7 Å². The summed E-state index contributed by atoms with van der Waals surface area (Å²) < 4.78 is 80.2. The molecule has 0 saturated heterocycles. The molecule has 0 aromatic heterocycles. The lowest BCUT2D eigenvalue weighted by Crippen LogP contribution is -2.25. The summed E-state index contributed by atoms with van der Waals surface area (Å²) in [5.41, 5.74) is -2.19. The van der Waals surface area contributed by atoms with Crippen LogP contribution in [0, 0.1) is 23.4 Å². The summed E-state index contributed by atoms with van der Waals surface area (Å²) in [4.78, 5) is 37.2. The van der Waals surface area contributed by atoms with Crippen LogP contribution < -0.4 is 5.32 Å². The number of anilines is 1. The minimum atomic E-state index is -5.26. The average molecular weight is 692 g/mol. The maximum atomic E-state index is 14.9. The van der Waals surface area contributed by atoms with Gasteiger partial charge in [-0.1, -0.05) is 40.9 Å². The number of carbonyl (C=O) groups is 3. The Labute approximate surface area is 258 Å². The highest BCUT2D eigenvalue weighted by molar-refractivity contribution is 6.53. The third kappa shape index (κ3) is 6.68. The van der Waals surface area contributed by atoms with E-state index in [2.05, 4.69) is 5.32 Å². The maximum Gasteiger partial charge on any atom is 0.450 e. The van der Waals surface area contributed by atoms with Crippen molar-refractivity contribution in [2.24, 2.45) is 5.92 Å². The van der Waals surface area contributed by atoms with Crippen molar-refractivity contribution < 1.29 is 40.7 Å². The van der Waals surface area contributed by atoms with Crippen LogP contribution in [-0.2, 0) is 22.4 Å². The number of hydrogen-bond acceptors (Lipinski definition) is 3. The summed E-state index contributed by atoms with van der Waals surface area (Å²) in [6, 6.07) is 7.43. The highest BCUT2D eigenvalue weighted by Gasteiger charge is 2.67. The standard InChI is InChI=1S/C27H14Cl5F6NO3/c28-12-3-11(4-13(29)6-12)21-22(26(21,31)32)25(42)39-14-7-16(23(30)18(34)8-14)19(40)9-15-17(33)2-1-10(24(15)35)5-20(41)27(36,37)38/h1-4,6-8,21-22H,5,9H2,(H,39,42)/t21-,22+/m0/s1. The number of alkyl halides is 5. The molecule has 1 N–H and O–H groups in total. The van der Waals surface area contributed by atoms with Crippen molar-refractivity contribution in [3.05, 3.63) is 97.2 Å². The zero-order valence-corrected chi connectivity index (χ0v) is 24.3. The van der Waals surface area contributed by atoms with Gasteiger partial charge in [0.25, 0.3) is 0 Å². The normalized spacial score (nSPS) is 17.6. The molecule has 15 heteroatoms. The smallest absolute Gasteiger partial charge is 0.326 e. The molecule has 1 aliphatic rings. The van der Waals surface area contributed by atoms with Crippen LogP contribution in [0.1, 0.15) is 33.0 Å². The number of benzene rings is 3. The van der Waals surface area contributed by atoms with Crippen molar-refractivity contribution in [3.8, 4) is 0 Å². The highest BCUT2D eigenvalue weighted by Crippen LogP contribution is 2.65. The number of rotatable bonds is 8. The third-order valence-electron chi connectivity index (χ3n) is 6.45. The lowest BCUT2D eigenvalue weighted by Gasteiger charge is -2.12. The Hall–Kier alpha value is -2.50. The number of Topliss-reactive ketones (excluding diaryl/α,β-unsaturated/α-hetero) is 2. The lowest BCUT2D eigenvalue weighted by molar-refractivity contribution is -0.170. The first-order chi connectivity index (χ1) is 19.4. The minimum Gasteiger partial charge on any atom is -0.326 e. The SMILES string of the molecule is O=C(Cc1c(F)ccc(CC(=O)C(F)(F)F)c1F)c1cc(NC(=O)[C@H]2[C@H](c3cc(Cl)cc(Cl)c3)C2(Cl)Cl)cc(F)c1Cl. The van der Waals surface area contributed by atoms with Crippen LogP contribution in [-0.4, -0.2) is 28.0 Å². The van der Waals surface area contributed by atoms with Crippen molar-refractivity contribution in [2.75, 3.05) is 5.32 Å². The molecule has 4 rings (SSSR count). The van der Waals surface area contributed by atoms with Crippen LogP contribution in [0.5, 0.6) is 0 Å². The van der Waals surface area contributed by atoms with E-state index in [0.29, 0.717) is 17.7 Å². The van der Waals surface area contributed by atoms with E-state index < -0.39 is 91.8 Å². The van der Waals surface area contributed by atoms with Gasteiger partial charge in [-0.25, -0.2) is 13.2 Å². The lowest BCUT2D eigenvalue weighted by atomic mass is 9.97. The van der Waals surface area contributed by atoms with Crippen LogP contribution in [0.2, 0.25) is 15.1 Å². The Morgan fingerprint density at radius 1 is 0.857 bits per heavy atom. The first-order valence-corrected chi connectivity index (χ1v) is 13.5. The largest absolute Gasteiger partial charge is 0.450 e. The summed E-state index contributed by atoms with van der Waals surface area (Å²) in [6.45, 7) is 0. The molecule has 0 unspecified atom stereocenters. The van der Waals surface area contributed by atoms with Gasteiger partial charge in [-0.2, -0.15) is 13.2 Å². The molecule has 3 aromatic rings. The average Bonchev–Trinajstić information content (AvgIpc) is 3.46. The Kier molecular flexibility index (Phi) is 9.17. The van der Waals surface area contributed by atoms with Gasteiger partial charge in [0.2, 0.25) is 11.7 Å². The number of hydrogen-bond donors (Lipinski definition) is 1. The van der Waals surface area contributed by atoms with Gasteiger partial charge < -0.3 is 5.32 Å². The Balaban J connectivity index is 1.57. The second kappa shape index (κ2) is 11.9. The van der Waals surface area contributed by atoms with E-state index in [1.54, 1.807) is 0 Å². The van der Waals surface area contributed by atoms with Crippen LogP contribution in [0.15, 0.2) is 42.5 Å². The van der Waals surface area contributed by atoms with Crippen LogP contribution >= 0.6 is 58.0 Å². The molecule has 1 amide bonds. The van der Waals surface area contributed by atoms with Gasteiger partial charge in [0, 0.05) is 45.6 Å². The van der Waals surface area contributed by atoms with Crippen molar-refractivity contribution in [1.82, 2.24) is 0 Å². The molecular formula is C27H14Cl5F6NO3. The number of ketones is 2. The Bertz CT molecular complexity index is 1610. The van der Waals surface area contributed by atoms with Gasteiger partial charge in [0.15, 0.2) is 5.78 Å². The molecule has 2 atom stereocenters. The van der Waals surface area contributed by atoms with Gasteiger partial charge in [0.1, 0.15) is 21.8 Å². The van der Waals surface area contributed by atoms with E-state index >= 15 is 0 Å². The number of amides is 1. The number of carbonyl (C=O) groups excluding carboxylic acids is 3. The van der Waals surface area contributed by atoms with E-state index in [4.69, 9.17) is 58.0 Å². The van der Waals surface area contributed by atoms with E-state index in [1.807, 2.05) is 0 Å². The molecule has 1 fully saturated rings. The molecule has 0 bridgehead atoms. The predicted octanol–water partition coefficient (Wildman–Crippen LogP) is 8.69. The van der Waals surface area contributed by atoms with Crippen LogP contribution in [0.4, 0.5) is 32.0 Å². The van der Waals surface area contributed by atoms with E-state index in [-0.39, 0.29) is 15.7 Å². The van der Waals surface area contributed by atoms with Crippen molar-refractivity contribution >= 4 is 81.2 Å². The molecule has 3 aromatic carbocycles. The second-order valence-corrected chi connectivity index (χ2v) is 12.0. The summed E-state index contributed by atoms with van der Waals surface area (Å²) >= 11 is 30.6. The molecule has 4 nitrogen and oxygen atoms in total. The summed E-state index contributed by atoms with van der Waals surface area (Å²) in [5, 5.41) is 2.15. The fourth-order valence-electron chi connectivity index (χ4n) is 4.38. The molecule has 42 heavy (non-hydrogen) atoms. The molecule has 1 aliphatic carbocycles. The molecule has 1 saturated carbocycles. The number of nitrogens with one attached hydrogen (secondary N) is 1. The summed E-state index contributed by atoms with van der Waals surface area (Å²) in [6.07, 6.45) is -7.80. The Morgan fingerprint density at radius 2 is 1.48 bits per heavy atom. The summed E-state index contributed by atoms with van der Waals surface area (Å²) in [5.74, 6) is -10.0. The first-order valence-electron chi connectivity index (χ1n) is 11.6. The number of halogens is 11. The monoisotopic (exact) mass is 689 g/mol. The molecule has 0 spiro atoms. The van der Waals surface area contributed by atoms with Crippen molar-refractivity contribution in [2.45, 2.75) is 29.3 Å². The second-order valence-electron chi connectivity index (χ2n) is 9.34. The molecule has 0 aliphatic heterocycles. The molecule has 0 radical (unpaired) electrons. The third-order valence-corrected chi connectivity index (χ3v) is 8.21. The van der Waals surface area contributed by atoms with E-state index in [1.165, 1.54) is 18.2 Å². The fraction of sp³-hybridized carbons (Fsp3) is 0.222. The van der Waals surface area contributed by atoms with Crippen molar-refractivity contribution in [1.29, 1.82) is 0 Å².